The molecule has 1 aromatic carbocycles. The molecule has 2 N–H and O–H groups in total. The number of hydrogen-bond acceptors (Lipinski definition) is 3. The normalized spacial score (nSPS) is 14.4. The lowest BCUT2D eigenvalue weighted by atomic mass is 10.1. The molecule has 2 nitrogen and oxygen atoms in total. The van der Waals surface area contributed by atoms with E-state index in [0.29, 0.717) is 6.54 Å². The molecule has 1 aromatic heterocycles. The van der Waals surface area contributed by atoms with Gasteiger partial charge in [0.2, 0.25) is 0 Å². The number of benzene rings is 1. The van der Waals surface area contributed by atoms with E-state index in [2.05, 4.69) is 43.4 Å². The third-order valence-corrected chi connectivity index (χ3v) is 4.00. The maximum Gasteiger partial charge on any atom is 0.101 e. The van der Waals surface area contributed by atoms with E-state index in [0.717, 1.165) is 4.88 Å². The Balaban J connectivity index is 1.90. The second-order valence-corrected chi connectivity index (χ2v) is 5.55. The van der Waals surface area contributed by atoms with Crippen molar-refractivity contribution in [2.45, 2.75) is 26.0 Å². The summed E-state index contributed by atoms with van der Waals surface area (Å²) in [5.74, 6) is 0. The molecule has 1 unspecified atom stereocenters. The molecular weight excluding hydrogens is 242 g/mol. The van der Waals surface area contributed by atoms with Crippen molar-refractivity contribution in [1.29, 1.82) is 0 Å². The van der Waals surface area contributed by atoms with Crippen molar-refractivity contribution in [1.82, 2.24) is 5.32 Å². The molecule has 2 atom stereocenters. The van der Waals surface area contributed by atoms with E-state index >= 15 is 0 Å². The highest BCUT2D eigenvalue weighted by molar-refractivity contribution is 7.10. The third-order valence-electron chi connectivity index (χ3n) is 3.03. The predicted octanol–water partition coefficient (Wildman–Crippen LogP) is 3.44. The van der Waals surface area contributed by atoms with Crippen LogP contribution < -0.4 is 5.32 Å². The van der Waals surface area contributed by atoms with E-state index in [1.165, 1.54) is 11.1 Å². The lowest BCUT2D eigenvalue weighted by molar-refractivity contribution is 0.174. The monoisotopic (exact) mass is 261 g/mol. The first-order valence-electron chi connectivity index (χ1n) is 6.18. The standard InChI is InChI=1S/C15H19NOS/c1-11-5-3-6-13(9-11)12(2)16-10-14(17)15-7-4-8-18-15/h3-9,12,14,16-17H,10H2,1-2H3/t12-,14?/m0/s1. The van der Waals surface area contributed by atoms with Crippen LogP contribution in [0.2, 0.25) is 0 Å². The highest BCUT2D eigenvalue weighted by atomic mass is 32.1. The minimum atomic E-state index is -0.419. The number of nitrogens with one attached hydrogen (secondary N) is 1. The quantitative estimate of drug-likeness (QED) is 0.864. The van der Waals surface area contributed by atoms with Crippen molar-refractivity contribution in [3.63, 3.8) is 0 Å². The van der Waals surface area contributed by atoms with Gasteiger partial charge < -0.3 is 10.4 Å². The molecule has 0 saturated heterocycles. The fourth-order valence-electron chi connectivity index (χ4n) is 1.93. The van der Waals surface area contributed by atoms with Gasteiger partial charge in [0.05, 0.1) is 0 Å². The lowest BCUT2D eigenvalue weighted by Crippen LogP contribution is -2.24. The molecule has 96 valence electrons. The topological polar surface area (TPSA) is 32.3 Å². The molecule has 0 saturated carbocycles. The Kier molecular flexibility index (Phi) is 4.53. The van der Waals surface area contributed by atoms with Gasteiger partial charge in [-0.3, -0.25) is 0 Å². The Morgan fingerprint density at radius 3 is 2.78 bits per heavy atom. The summed E-state index contributed by atoms with van der Waals surface area (Å²) in [4.78, 5) is 1.01. The van der Waals surface area contributed by atoms with Gasteiger partial charge in [0.15, 0.2) is 0 Å². The summed E-state index contributed by atoms with van der Waals surface area (Å²) in [6, 6.07) is 12.6. The van der Waals surface area contributed by atoms with E-state index in [4.69, 9.17) is 0 Å². The minimum absolute atomic E-state index is 0.250. The van der Waals surface area contributed by atoms with Gasteiger partial charge in [0, 0.05) is 17.5 Å². The molecular formula is C15H19NOS. The number of hydrogen-bond donors (Lipinski definition) is 2. The van der Waals surface area contributed by atoms with Crippen LogP contribution in [0, 0.1) is 6.92 Å². The van der Waals surface area contributed by atoms with E-state index in [1.807, 2.05) is 17.5 Å². The fourth-order valence-corrected chi connectivity index (χ4v) is 2.64. The Labute approximate surface area is 112 Å². The van der Waals surface area contributed by atoms with Crippen LogP contribution in [0.15, 0.2) is 41.8 Å². The third kappa shape index (κ3) is 3.42. The summed E-state index contributed by atoms with van der Waals surface area (Å²) in [5, 5.41) is 15.4. The van der Waals surface area contributed by atoms with Gasteiger partial charge in [0.25, 0.3) is 0 Å². The van der Waals surface area contributed by atoms with Gasteiger partial charge in [-0.15, -0.1) is 11.3 Å². The number of aryl methyl sites for hydroxylation is 1. The molecule has 0 aliphatic carbocycles. The van der Waals surface area contributed by atoms with Gasteiger partial charge in [0.1, 0.15) is 6.10 Å². The highest BCUT2D eigenvalue weighted by Crippen LogP contribution is 2.19. The van der Waals surface area contributed by atoms with Crippen LogP contribution in [0.4, 0.5) is 0 Å². The molecule has 2 aromatic rings. The molecule has 0 amide bonds. The van der Waals surface area contributed by atoms with Gasteiger partial charge >= 0.3 is 0 Å². The number of thiophene rings is 1. The summed E-state index contributed by atoms with van der Waals surface area (Å²) in [6.45, 7) is 4.79. The second kappa shape index (κ2) is 6.14. The smallest absolute Gasteiger partial charge is 0.101 e. The van der Waals surface area contributed by atoms with Crippen LogP contribution in [-0.2, 0) is 0 Å². The summed E-state index contributed by atoms with van der Waals surface area (Å²) >= 11 is 1.59. The zero-order valence-electron chi connectivity index (χ0n) is 10.8. The summed E-state index contributed by atoms with van der Waals surface area (Å²) in [6.07, 6.45) is -0.419. The number of aliphatic hydroxyl groups is 1. The van der Waals surface area contributed by atoms with E-state index in [1.54, 1.807) is 11.3 Å². The van der Waals surface area contributed by atoms with Gasteiger partial charge in [-0.2, -0.15) is 0 Å². The minimum Gasteiger partial charge on any atom is -0.386 e. The van der Waals surface area contributed by atoms with Crippen molar-refractivity contribution in [2.24, 2.45) is 0 Å². The van der Waals surface area contributed by atoms with Crippen LogP contribution in [0.25, 0.3) is 0 Å². The molecule has 0 aliphatic rings. The first kappa shape index (κ1) is 13.3. The number of aliphatic hydroxyl groups excluding tert-OH is 1. The van der Waals surface area contributed by atoms with Crippen LogP contribution in [0.5, 0.6) is 0 Å². The summed E-state index contributed by atoms with van der Waals surface area (Å²) in [5.41, 5.74) is 2.52. The summed E-state index contributed by atoms with van der Waals surface area (Å²) < 4.78 is 0. The predicted molar refractivity (Wildman–Crippen MR) is 76.9 cm³/mol. The first-order valence-corrected chi connectivity index (χ1v) is 7.06. The SMILES string of the molecule is Cc1cccc([C@H](C)NCC(O)c2cccs2)c1. The maximum absolute atomic E-state index is 10.0. The Hall–Kier alpha value is -1.16. The van der Waals surface area contributed by atoms with Crippen LogP contribution in [0.3, 0.4) is 0 Å². The van der Waals surface area contributed by atoms with Gasteiger partial charge in [-0.05, 0) is 30.9 Å². The molecule has 3 heteroatoms. The molecule has 2 rings (SSSR count). The van der Waals surface area contributed by atoms with E-state index in [-0.39, 0.29) is 6.04 Å². The number of rotatable bonds is 5. The van der Waals surface area contributed by atoms with Crippen molar-refractivity contribution < 1.29 is 5.11 Å². The molecule has 0 bridgehead atoms. The fraction of sp³-hybridized carbons (Fsp3) is 0.333. The van der Waals surface area contributed by atoms with E-state index in [9.17, 15) is 5.11 Å². The highest BCUT2D eigenvalue weighted by Gasteiger charge is 2.11. The largest absolute Gasteiger partial charge is 0.386 e. The van der Waals surface area contributed by atoms with Crippen molar-refractivity contribution >= 4 is 11.3 Å². The molecule has 0 radical (unpaired) electrons. The molecule has 18 heavy (non-hydrogen) atoms. The zero-order valence-corrected chi connectivity index (χ0v) is 11.6. The second-order valence-electron chi connectivity index (χ2n) is 4.58. The van der Waals surface area contributed by atoms with Crippen LogP contribution in [0.1, 0.15) is 35.1 Å². The van der Waals surface area contributed by atoms with Crippen LogP contribution in [-0.4, -0.2) is 11.7 Å². The van der Waals surface area contributed by atoms with Crippen molar-refractivity contribution in [3.05, 3.63) is 57.8 Å². The Morgan fingerprint density at radius 1 is 1.28 bits per heavy atom. The zero-order chi connectivity index (χ0) is 13.0. The average Bonchev–Trinajstić information content (AvgIpc) is 2.89. The lowest BCUT2D eigenvalue weighted by Gasteiger charge is -2.17. The first-order chi connectivity index (χ1) is 8.66. The molecule has 0 aliphatic heterocycles. The summed E-state index contributed by atoms with van der Waals surface area (Å²) in [7, 11) is 0. The van der Waals surface area contributed by atoms with Gasteiger partial charge in [-0.25, -0.2) is 0 Å². The maximum atomic E-state index is 10.0. The Morgan fingerprint density at radius 2 is 2.11 bits per heavy atom. The molecule has 0 fully saturated rings. The average molecular weight is 261 g/mol. The van der Waals surface area contributed by atoms with Crippen molar-refractivity contribution in [3.8, 4) is 0 Å². The van der Waals surface area contributed by atoms with Crippen molar-refractivity contribution in [2.75, 3.05) is 6.54 Å². The van der Waals surface area contributed by atoms with Crippen LogP contribution >= 0.6 is 11.3 Å². The van der Waals surface area contributed by atoms with Gasteiger partial charge in [-0.1, -0.05) is 35.9 Å². The molecule has 1 heterocycles. The molecule has 0 spiro atoms. The Bertz CT molecular complexity index is 481. The van der Waals surface area contributed by atoms with E-state index < -0.39 is 6.10 Å².